The molecule has 0 saturated carbocycles. The summed E-state index contributed by atoms with van der Waals surface area (Å²) in [4.78, 5) is 40.7. The monoisotopic (exact) mass is 413 g/mol. The molecule has 1 aromatic heterocycles. The van der Waals surface area contributed by atoms with E-state index in [1.54, 1.807) is 36.1 Å². The van der Waals surface area contributed by atoms with E-state index >= 15 is 0 Å². The van der Waals surface area contributed by atoms with Gasteiger partial charge >= 0.3 is 0 Å². The number of ketones is 1. The molecule has 0 bridgehead atoms. The van der Waals surface area contributed by atoms with E-state index in [0.717, 1.165) is 0 Å². The Morgan fingerprint density at radius 3 is 2.37 bits per heavy atom. The van der Waals surface area contributed by atoms with Crippen molar-refractivity contribution < 1.29 is 28.3 Å². The van der Waals surface area contributed by atoms with Crippen LogP contribution in [0.1, 0.15) is 33.6 Å². The van der Waals surface area contributed by atoms with E-state index in [9.17, 15) is 14.4 Å². The van der Waals surface area contributed by atoms with E-state index in [4.69, 9.17) is 13.9 Å². The molecular weight excluding hydrogens is 390 g/mol. The largest absolute Gasteiger partial charge is 0.456 e. The highest BCUT2D eigenvalue weighted by molar-refractivity contribution is 6.05. The van der Waals surface area contributed by atoms with Crippen molar-refractivity contribution in [2.75, 3.05) is 44.8 Å². The molecule has 158 valence electrons. The first kappa shape index (κ1) is 20.0. The van der Waals surface area contributed by atoms with Crippen LogP contribution in [0.3, 0.4) is 0 Å². The van der Waals surface area contributed by atoms with Crippen LogP contribution >= 0.6 is 0 Å². The molecule has 0 spiro atoms. The number of fused-ring (bicyclic) bond motifs is 1. The molecule has 0 radical (unpaired) electrons. The Morgan fingerprint density at radius 2 is 1.73 bits per heavy atom. The first-order chi connectivity index (χ1) is 14.4. The Kier molecular flexibility index (Phi) is 5.45. The Bertz CT molecular complexity index is 991. The van der Waals surface area contributed by atoms with Gasteiger partial charge in [0.2, 0.25) is 12.7 Å². The fourth-order valence-corrected chi connectivity index (χ4v) is 3.54. The van der Waals surface area contributed by atoms with Gasteiger partial charge in [0.1, 0.15) is 5.76 Å². The van der Waals surface area contributed by atoms with E-state index in [0.29, 0.717) is 60.4 Å². The van der Waals surface area contributed by atoms with Crippen molar-refractivity contribution in [3.63, 3.8) is 0 Å². The number of hydrogen-bond acceptors (Lipinski definition) is 7. The number of nitrogens with zero attached hydrogens (tertiary/aromatic N) is 2. The van der Waals surface area contributed by atoms with E-state index in [-0.39, 0.29) is 30.9 Å². The molecule has 1 saturated heterocycles. The zero-order chi connectivity index (χ0) is 21.3. The average molecular weight is 413 g/mol. The lowest BCUT2D eigenvalue weighted by Crippen LogP contribution is -2.50. The van der Waals surface area contributed by atoms with Gasteiger partial charge in [-0.15, -0.1) is 0 Å². The second-order valence-electron chi connectivity index (χ2n) is 7.33. The number of furan rings is 1. The molecule has 9 nitrogen and oxygen atoms in total. The SMILES string of the molecule is CC(=O)c1cc2c(cc1NC(=O)CN1CCN(C(=O)c3ccc(C)o3)CC1)OCO2. The van der Waals surface area contributed by atoms with Gasteiger partial charge in [-0.1, -0.05) is 0 Å². The second-order valence-corrected chi connectivity index (χ2v) is 7.33. The van der Waals surface area contributed by atoms with Crippen LogP contribution in [0.2, 0.25) is 0 Å². The van der Waals surface area contributed by atoms with Gasteiger partial charge in [-0.25, -0.2) is 0 Å². The minimum absolute atomic E-state index is 0.0879. The summed E-state index contributed by atoms with van der Waals surface area (Å²) in [5, 5.41) is 2.80. The topological polar surface area (TPSA) is 101 Å². The maximum absolute atomic E-state index is 12.6. The van der Waals surface area contributed by atoms with Crippen LogP contribution in [-0.2, 0) is 4.79 Å². The number of aryl methyl sites for hydroxylation is 1. The van der Waals surface area contributed by atoms with E-state index in [2.05, 4.69) is 5.32 Å². The van der Waals surface area contributed by atoms with Crippen molar-refractivity contribution in [1.29, 1.82) is 0 Å². The molecule has 1 N–H and O–H groups in total. The van der Waals surface area contributed by atoms with Gasteiger partial charge in [0.25, 0.3) is 5.91 Å². The quantitative estimate of drug-likeness (QED) is 0.747. The molecule has 2 aliphatic heterocycles. The maximum Gasteiger partial charge on any atom is 0.289 e. The highest BCUT2D eigenvalue weighted by Gasteiger charge is 2.26. The minimum Gasteiger partial charge on any atom is -0.456 e. The Labute approximate surface area is 173 Å². The number of nitrogens with one attached hydrogen (secondary N) is 1. The molecular formula is C21H23N3O6. The number of anilines is 1. The molecule has 2 amide bonds. The van der Waals surface area contributed by atoms with Crippen molar-refractivity contribution in [2.24, 2.45) is 0 Å². The van der Waals surface area contributed by atoms with Crippen molar-refractivity contribution in [3.8, 4) is 11.5 Å². The van der Waals surface area contributed by atoms with E-state index in [1.165, 1.54) is 6.92 Å². The Balaban J connectivity index is 1.33. The van der Waals surface area contributed by atoms with Gasteiger partial charge in [-0.2, -0.15) is 0 Å². The highest BCUT2D eigenvalue weighted by atomic mass is 16.7. The van der Waals surface area contributed by atoms with Crippen molar-refractivity contribution in [1.82, 2.24) is 9.80 Å². The molecule has 1 aromatic carbocycles. The third kappa shape index (κ3) is 4.16. The number of benzene rings is 1. The molecule has 3 heterocycles. The van der Waals surface area contributed by atoms with Crippen LogP contribution in [-0.4, -0.2) is 66.9 Å². The van der Waals surface area contributed by atoms with Gasteiger partial charge < -0.3 is 24.1 Å². The summed E-state index contributed by atoms with van der Waals surface area (Å²) in [7, 11) is 0. The molecule has 0 aliphatic carbocycles. The van der Waals surface area contributed by atoms with Gasteiger partial charge in [0, 0.05) is 37.8 Å². The number of piperazine rings is 1. The van der Waals surface area contributed by atoms with Crippen molar-refractivity contribution in [2.45, 2.75) is 13.8 Å². The number of ether oxygens (including phenoxy) is 2. The molecule has 2 aliphatic rings. The summed E-state index contributed by atoms with van der Waals surface area (Å²) in [5.74, 6) is 1.46. The molecule has 4 rings (SSSR count). The molecule has 0 unspecified atom stereocenters. The fourth-order valence-electron chi connectivity index (χ4n) is 3.54. The van der Waals surface area contributed by atoms with Crippen LogP contribution < -0.4 is 14.8 Å². The zero-order valence-corrected chi connectivity index (χ0v) is 16.9. The number of Topliss-reactive ketones (excluding diaryl/α,β-unsaturated/α-hetero) is 1. The maximum atomic E-state index is 12.6. The highest BCUT2D eigenvalue weighted by Crippen LogP contribution is 2.37. The number of rotatable bonds is 5. The van der Waals surface area contributed by atoms with Gasteiger partial charge in [-0.3, -0.25) is 19.3 Å². The lowest BCUT2D eigenvalue weighted by atomic mass is 10.1. The van der Waals surface area contributed by atoms with Gasteiger partial charge in [-0.05, 0) is 32.0 Å². The summed E-state index contributed by atoms with van der Waals surface area (Å²) >= 11 is 0. The predicted octanol–water partition coefficient (Wildman–Crippen LogP) is 1.92. The van der Waals surface area contributed by atoms with Crippen LogP contribution in [0.4, 0.5) is 5.69 Å². The second kappa shape index (κ2) is 8.19. The van der Waals surface area contributed by atoms with Crippen LogP contribution in [0.25, 0.3) is 0 Å². The van der Waals surface area contributed by atoms with E-state index in [1.807, 2.05) is 4.90 Å². The molecule has 1 fully saturated rings. The van der Waals surface area contributed by atoms with Crippen molar-refractivity contribution in [3.05, 3.63) is 41.3 Å². The lowest BCUT2D eigenvalue weighted by Gasteiger charge is -2.33. The lowest BCUT2D eigenvalue weighted by molar-refractivity contribution is -0.117. The predicted molar refractivity (Wildman–Crippen MR) is 107 cm³/mol. The summed E-state index contributed by atoms with van der Waals surface area (Å²) in [5.41, 5.74) is 0.774. The van der Waals surface area contributed by atoms with Crippen molar-refractivity contribution >= 4 is 23.3 Å². The smallest absolute Gasteiger partial charge is 0.289 e. The summed E-state index contributed by atoms with van der Waals surface area (Å²) in [6, 6.07) is 6.63. The number of carbonyl (C=O) groups is 3. The van der Waals surface area contributed by atoms with E-state index < -0.39 is 0 Å². The third-order valence-corrected chi connectivity index (χ3v) is 5.14. The zero-order valence-electron chi connectivity index (χ0n) is 16.9. The van der Waals surface area contributed by atoms with Gasteiger partial charge in [0.05, 0.1) is 12.2 Å². The average Bonchev–Trinajstić information content (AvgIpc) is 3.35. The Hall–Kier alpha value is -3.33. The van der Waals surface area contributed by atoms with Gasteiger partial charge in [0.15, 0.2) is 23.0 Å². The normalized spacial score (nSPS) is 15.9. The molecule has 9 heteroatoms. The third-order valence-electron chi connectivity index (χ3n) is 5.14. The number of hydrogen-bond donors (Lipinski definition) is 1. The first-order valence-corrected chi connectivity index (χ1v) is 9.73. The van der Waals surface area contributed by atoms with Crippen LogP contribution in [0.5, 0.6) is 11.5 Å². The molecule has 2 aromatic rings. The number of amides is 2. The Morgan fingerprint density at radius 1 is 1.03 bits per heavy atom. The van der Waals surface area contributed by atoms with Crippen LogP contribution in [0, 0.1) is 6.92 Å². The van der Waals surface area contributed by atoms with Crippen LogP contribution in [0.15, 0.2) is 28.7 Å². The standard InChI is InChI=1S/C21H23N3O6/c1-13-3-4-17(30-13)21(27)24-7-5-23(6-8-24)11-20(26)22-16-10-19-18(28-12-29-19)9-15(16)14(2)25/h3-4,9-10H,5-8,11-12H2,1-2H3,(H,22,26). The molecule has 0 atom stereocenters. The summed E-state index contributed by atoms with van der Waals surface area (Å²) < 4.78 is 16.0. The fraction of sp³-hybridized carbons (Fsp3) is 0.381. The first-order valence-electron chi connectivity index (χ1n) is 9.73. The molecule has 30 heavy (non-hydrogen) atoms. The number of carbonyl (C=O) groups excluding carboxylic acids is 3. The summed E-state index contributed by atoms with van der Waals surface area (Å²) in [6.07, 6.45) is 0. The minimum atomic E-state index is -0.238. The summed E-state index contributed by atoms with van der Waals surface area (Å²) in [6.45, 7) is 5.63.